The predicted molar refractivity (Wildman–Crippen MR) is 100 cm³/mol. The number of H-pyrrole nitrogens is 1. The van der Waals surface area contributed by atoms with Crippen LogP contribution >= 0.6 is 24.8 Å². The van der Waals surface area contributed by atoms with E-state index in [1.807, 2.05) is 25.2 Å². The van der Waals surface area contributed by atoms with Crippen LogP contribution in [0.25, 0.3) is 11.0 Å². The number of amides is 1. The summed E-state index contributed by atoms with van der Waals surface area (Å²) < 4.78 is 5.65. The minimum Gasteiger partial charge on any atom is -0.370 e. The Morgan fingerprint density at radius 3 is 2.96 bits per heavy atom. The van der Waals surface area contributed by atoms with Gasteiger partial charge in [-0.2, -0.15) is 0 Å². The summed E-state index contributed by atoms with van der Waals surface area (Å²) in [7, 11) is 1.88. The van der Waals surface area contributed by atoms with Gasteiger partial charge in [-0.25, -0.2) is 4.98 Å². The summed E-state index contributed by atoms with van der Waals surface area (Å²) >= 11 is 0. The van der Waals surface area contributed by atoms with E-state index in [9.17, 15) is 4.79 Å². The summed E-state index contributed by atoms with van der Waals surface area (Å²) in [5, 5.41) is 5.96. The zero-order valence-corrected chi connectivity index (χ0v) is 15.3. The Bertz CT molecular complexity index is 657. The lowest BCUT2D eigenvalue weighted by Gasteiger charge is -2.05. The van der Waals surface area contributed by atoms with Gasteiger partial charge in [0.15, 0.2) is 0 Å². The molecule has 0 saturated carbocycles. The molecule has 0 aliphatic carbocycles. The van der Waals surface area contributed by atoms with Crippen LogP contribution in [0.2, 0.25) is 0 Å². The molecule has 1 aliphatic rings. The Kier molecular flexibility index (Phi) is 8.48. The number of anilines is 1. The van der Waals surface area contributed by atoms with Gasteiger partial charge in [0.05, 0.1) is 11.0 Å². The van der Waals surface area contributed by atoms with Gasteiger partial charge < -0.3 is 20.4 Å². The zero-order valence-electron chi connectivity index (χ0n) is 13.6. The summed E-state index contributed by atoms with van der Waals surface area (Å²) in [6.07, 6.45) is 3.51. The van der Waals surface area contributed by atoms with E-state index in [4.69, 9.17) is 4.74 Å². The molecule has 2 aromatic rings. The Balaban J connectivity index is 0.00000144. The van der Waals surface area contributed by atoms with Crippen molar-refractivity contribution in [2.75, 3.05) is 25.5 Å². The highest BCUT2D eigenvalue weighted by molar-refractivity contribution is 5.93. The third-order valence-corrected chi connectivity index (χ3v) is 3.85. The van der Waals surface area contributed by atoms with Gasteiger partial charge in [0.1, 0.15) is 11.9 Å². The molecule has 1 aliphatic heterocycles. The van der Waals surface area contributed by atoms with Crippen molar-refractivity contribution in [2.24, 2.45) is 0 Å². The molecule has 1 saturated heterocycles. The molecule has 1 atom stereocenters. The van der Waals surface area contributed by atoms with Gasteiger partial charge in [-0.3, -0.25) is 4.79 Å². The van der Waals surface area contributed by atoms with Crippen LogP contribution in [0.15, 0.2) is 18.2 Å². The molecule has 1 fully saturated rings. The smallest absolute Gasteiger partial charge is 0.224 e. The second-order valence-corrected chi connectivity index (χ2v) is 5.61. The lowest BCUT2D eigenvalue weighted by atomic mass is 10.2. The Hall–Kier alpha value is -1.34. The Labute approximate surface area is 154 Å². The fourth-order valence-corrected chi connectivity index (χ4v) is 2.70. The topological polar surface area (TPSA) is 79.0 Å². The number of benzene rings is 1. The number of carbonyl (C=O) groups is 1. The van der Waals surface area contributed by atoms with Gasteiger partial charge >= 0.3 is 0 Å². The normalized spacial score (nSPS) is 16.5. The number of nitrogens with zero attached hydrogens (tertiary/aromatic N) is 1. The van der Waals surface area contributed by atoms with Crippen molar-refractivity contribution >= 4 is 47.4 Å². The number of halogens is 2. The number of carbonyl (C=O) groups excluding carboxylic acids is 1. The van der Waals surface area contributed by atoms with Crippen LogP contribution in [0.5, 0.6) is 0 Å². The highest BCUT2D eigenvalue weighted by Gasteiger charge is 2.21. The lowest BCUT2D eigenvalue weighted by Crippen LogP contribution is -2.15. The summed E-state index contributed by atoms with van der Waals surface area (Å²) in [6.45, 7) is 1.65. The summed E-state index contributed by atoms with van der Waals surface area (Å²) in [4.78, 5) is 19.7. The molecule has 3 N–H and O–H groups in total. The van der Waals surface area contributed by atoms with Gasteiger partial charge in [-0.15, -0.1) is 24.8 Å². The van der Waals surface area contributed by atoms with E-state index in [2.05, 4.69) is 20.6 Å². The average Bonchev–Trinajstić information content (AvgIpc) is 3.16. The van der Waals surface area contributed by atoms with Gasteiger partial charge in [-0.05, 0) is 51.1 Å². The molecule has 0 spiro atoms. The lowest BCUT2D eigenvalue weighted by molar-refractivity contribution is -0.116. The highest BCUT2D eigenvalue weighted by Crippen LogP contribution is 2.28. The number of hydrogen-bond acceptors (Lipinski definition) is 4. The van der Waals surface area contributed by atoms with E-state index in [1.165, 1.54) is 0 Å². The fourth-order valence-electron chi connectivity index (χ4n) is 2.70. The number of fused-ring (bicyclic) bond motifs is 1. The molecule has 1 unspecified atom stereocenters. The minimum absolute atomic E-state index is 0. The van der Waals surface area contributed by atoms with Crippen molar-refractivity contribution < 1.29 is 9.53 Å². The Morgan fingerprint density at radius 1 is 1.42 bits per heavy atom. The van der Waals surface area contributed by atoms with Crippen molar-refractivity contribution in [3.8, 4) is 0 Å². The largest absolute Gasteiger partial charge is 0.370 e. The molecule has 3 rings (SSSR count). The van der Waals surface area contributed by atoms with Crippen molar-refractivity contribution in [3.63, 3.8) is 0 Å². The number of hydrogen-bond donors (Lipinski definition) is 3. The van der Waals surface area contributed by atoms with Crippen LogP contribution in [0.4, 0.5) is 5.69 Å². The van der Waals surface area contributed by atoms with Gasteiger partial charge in [0.25, 0.3) is 0 Å². The van der Waals surface area contributed by atoms with Crippen molar-refractivity contribution in [2.45, 2.75) is 31.8 Å². The first-order valence-corrected chi connectivity index (χ1v) is 7.82. The first kappa shape index (κ1) is 20.7. The maximum Gasteiger partial charge on any atom is 0.224 e. The molecule has 1 aromatic heterocycles. The fraction of sp³-hybridized carbons (Fsp3) is 0.500. The van der Waals surface area contributed by atoms with Gasteiger partial charge in [-0.1, -0.05) is 0 Å². The van der Waals surface area contributed by atoms with E-state index in [0.717, 1.165) is 55.0 Å². The number of aromatic amines is 1. The summed E-state index contributed by atoms with van der Waals surface area (Å²) in [5.74, 6) is 0.915. The van der Waals surface area contributed by atoms with Crippen molar-refractivity contribution in [3.05, 3.63) is 24.0 Å². The number of rotatable bonds is 6. The molecule has 0 bridgehead atoms. The number of aromatic nitrogens is 2. The second-order valence-electron chi connectivity index (χ2n) is 5.61. The van der Waals surface area contributed by atoms with Crippen LogP contribution in [0.3, 0.4) is 0 Å². The van der Waals surface area contributed by atoms with Crippen LogP contribution < -0.4 is 10.6 Å². The van der Waals surface area contributed by atoms with Crippen molar-refractivity contribution in [1.82, 2.24) is 15.3 Å². The molecule has 1 aromatic carbocycles. The SMILES string of the molecule is CNCCCC(=O)Nc1ccc2nc(C3CCCO3)[nH]c2c1.Cl.Cl. The van der Waals surface area contributed by atoms with Gasteiger partial charge in [0, 0.05) is 18.7 Å². The number of ether oxygens (including phenoxy) is 1. The van der Waals surface area contributed by atoms with E-state index in [1.54, 1.807) is 0 Å². The zero-order chi connectivity index (χ0) is 15.4. The van der Waals surface area contributed by atoms with Crippen LogP contribution in [-0.4, -0.2) is 36.1 Å². The van der Waals surface area contributed by atoms with Crippen molar-refractivity contribution in [1.29, 1.82) is 0 Å². The standard InChI is InChI=1S/C16H22N4O2.2ClH/c1-17-8-2-5-15(21)18-11-6-7-12-13(10-11)20-16(19-12)14-4-3-9-22-14;;/h6-7,10,14,17H,2-5,8-9H2,1H3,(H,18,21)(H,19,20);2*1H. The minimum atomic E-state index is 0. The average molecular weight is 375 g/mol. The second kappa shape index (κ2) is 9.84. The first-order chi connectivity index (χ1) is 10.8. The van der Waals surface area contributed by atoms with Crippen LogP contribution in [-0.2, 0) is 9.53 Å². The molecule has 24 heavy (non-hydrogen) atoms. The first-order valence-electron chi connectivity index (χ1n) is 7.82. The van der Waals surface area contributed by atoms with E-state index in [0.29, 0.717) is 6.42 Å². The Morgan fingerprint density at radius 2 is 2.25 bits per heavy atom. The predicted octanol–water partition coefficient (Wildman–Crippen LogP) is 3.20. The highest BCUT2D eigenvalue weighted by atomic mass is 35.5. The molecule has 134 valence electrons. The van der Waals surface area contributed by atoms with Crippen LogP contribution in [0, 0.1) is 0 Å². The van der Waals surface area contributed by atoms with E-state index >= 15 is 0 Å². The number of nitrogens with one attached hydrogen (secondary N) is 3. The molecule has 2 heterocycles. The summed E-state index contributed by atoms with van der Waals surface area (Å²) in [5.41, 5.74) is 2.63. The molecule has 0 radical (unpaired) electrons. The monoisotopic (exact) mass is 374 g/mol. The van der Waals surface area contributed by atoms with E-state index in [-0.39, 0.29) is 36.8 Å². The van der Waals surface area contributed by atoms with Crippen LogP contribution in [0.1, 0.15) is 37.6 Å². The van der Waals surface area contributed by atoms with E-state index < -0.39 is 0 Å². The summed E-state index contributed by atoms with van der Waals surface area (Å²) in [6, 6.07) is 5.74. The maximum absolute atomic E-state index is 11.9. The third kappa shape index (κ3) is 5.08. The van der Waals surface area contributed by atoms with Gasteiger partial charge in [0.2, 0.25) is 5.91 Å². The third-order valence-electron chi connectivity index (χ3n) is 3.85. The molecular formula is C16H24Cl2N4O2. The quantitative estimate of drug-likeness (QED) is 0.678. The molecule has 1 amide bonds. The number of imidazole rings is 1. The molecule has 6 nitrogen and oxygen atoms in total. The molecular weight excluding hydrogens is 351 g/mol. The maximum atomic E-state index is 11.9. The molecule has 8 heteroatoms.